The van der Waals surface area contributed by atoms with Gasteiger partial charge in [-0.2, -0.15) is 0 Å². The first-order chi connectivity index (χ1) is 12.5. The molecule has 0 aliphatic carbocycles. The molecule has 0 saturated carbocycles. The van der Waals surface area contributed by atoms with Crippen molar-refractivity contribution < 1.29 is 9.59 Å². The zero-order chi connectivity index (χ0) is 18.9. The fourth-order valence-electron chi connectivity index (χ4n) is 2.56. The number of nitrogens with zero attached hydrogens (tertiary/aromatic N) is 1. The number of anilines is 2. The summed E-state index contributed by atoms with van der Waals surface area (Å²) in [6.45, 7) is 6.72. The molecule has 138 valence electrons. The Morgan fingerprint density at radius 2 is 1.77 bits per heavy atom. The van der Waals surface area contributed by atoms with Crippen molar-refractivity contribution in [3.63, 3.8) is 0 Å². The fraction of sp³-hybridized carbons (Fsp3) is 0.333. The molecule has 0 saturated heterocycles. The molecule has 0 heterocycles. The van der Waals surface area contributed by atoms with Crippen LogP contribution in [0.1, 0.15) is 37.6 Å². The van der Waals surface area contributed by atoms with E-state index in [1.54, 1.807) is 17.0 Å². The van der Waals surface area contributed by atoms with Crippen LogP contribution in [0.5, 0.6) is 0 Å². The molecule has 2 aromatic carbocycles. The number of likely N-dealkylation sites (N-methyl/N-ethyl adjacent to an activating group) is 1. The molecule has 0 aliphatic rings. The van der Waals surface area contributed by atoms with Gasteiger partial charge in [0.15, 0.2) is 0 Å². The van der Waals surface area contributed by atoms with Gasteiger partial charge in [-0.1, -0.05) is 31.2 Å². The number of hydrogen-bond donors (Lipinski definition) is 2. The predicted octanol–water partition coefficient (Wildman–Crippen LogP) is 3.68. The van der Waals surface area contributed by atoms with Gasteiger partial charge in [-0.25, -0.2) is 0 Å². The highest BCUT2D eigenvalue weighted by Gasteiger charge is 2.14. The maximum absolute atomic E-state index is 12.5. The lowest BCUT2D eigenvalue weighted by atomic mass is 10.1. The van der Waals surface area contributed by atoms with E-state index < -0.39 is 0 Å². The number of benzene rings is 2. The molecular weight excluding hydrogens is 326 g/mol. The first-order valence-corrected chi connectivity index (χ1v) is 9.05. The lowest BCUT2D eigenvalue weighted by Gasteiger charge is -2.21. The van der Waals surface area contributed by atoms with Gasteiger partial charge in [-0.05, 0) is 50.6 Å². The molecule has 2 aromatic rings. The van der Waals surface area contributed by atoms with Crippen molar-refractivity contribution in [1.29, 1.82) is 0 Å². The SMILES string of the molecule is CCC(C)NC(=O)c1cccc(NCC(=O)N(CC)c2ccccc2)c1. The number of amides is 2. The highest BCUT2D eigenvalue weighted by molar-refractivity contribution is 5.97. The number of rotatable bonds is 8. The van der Waals surface area contributed by atoms with E-state index in [0.717, 1.165) is 17.8 Å². The van der Waals surface area contributed by atoms with Crippen LogP contribution in [0, 0.1) is 0 Å². The number of carbonyl (C=O) groups is 2. The van der Waals surface area contributed by atoms with Crippen LogP contribution in [0.3, 0.4) is 0 Å². The second-order valence-corrected chi connectivity index (χ2v) is 6.19. The van der Waals surface area contributed by atoms with E-state index in [1.165, 1.54) is 0 Å². The predicted molar refractivity (Wildman–Crippen MR) is 107 cm³/mol. The summed E-state index contributed by atoms with van der Waals surface area (Å²) in [6, 6.07) is 16.9. The summed E-state index contributed by atoms with van der Waals surface area (Å²) < 4.78 is 0. The van der Waals surface area contributed by atoms with Crippen molar-refractivity contribution in [2.24, 2.45) is 0 Å². The third kappa shape index (κ3) is 5.34. The summed E-state index contributed by atoms with van der Waals surface area (Å²) in [7, 11) is 0. The van der Waals surface area contributed by atoms with Crippen LogP contribution in [-0.4, -0.2) is 30.9 Å². The van der Waals surface area contributed by atoms with E-state index in [2.05, 4.69) is 10.6 Å². The van der Waals surface area contributed by atoms with Gasteiger partial charge in [0.2, 0.25) is 5.91 Å². The molecule has 2 N–H and O–H groups in total. The molecule has 5 heteroatoms. The Hall–Kier alpha value is -2.82. The topological polar surface area (TPSA) is 61.4 Å². The van der Waals surface area contributed by atoms with Gasteiger partial charge < -0.3 is 15.5 Å². The minimum absolute atomic E-state index is 0.0202. The Morgan fingerprint density at radius 1 is 1.04 bits per heavy atom. The molecule has 26 heavy (non-hydrogen) atoms. The molecule has 0 fully saturated rings. The van der Waals surface area contributed by atoms with Crippen LogP contribution in [0.2, 0.25) is 0 Å². The van der Waals surface area contributed by atoms with E-state index in [4.69, 9.17) is 0 Å². The Kier molecular flexibility index (Phi) is 7.21. The zero-order valence-electron chi connectivity index (χ0n) is 15.7. The molecule has 0 radical (unpaired) electrons. The minimum Gasteiger partial charge on any atom is -0.376 e. The first-order valence-electron chi connectivity index (χ1n) is 9.05. The molecule has 5 nitrogen and oxygen atoms in total. The van der Waals surface area contributed by atoms with E-state index in [9.17, 15) is 9.59 Å². The van der Waals surface area contributed by atoms with Crippen LogP contribution >= 0.6 is 0 Å². The molecule has 1 atom stereocenters. The number of carbonyl (C=O) groups excluding carboxylic acids is 2. The lowest BCUT2D eigenvalue weighted by molar-refractivity contribution is -0.116. The van der Waals surface area contributed by atoms with Crippen molar-refractivity contribution in [1.82, 2.24) is 5.32 Å². The Morgan fingerprint density at radius 3 is 2.42 bits per heavy atom. The summed E-state index contributed by atoms with van der Waals surface area (Å²) in [5.41, 5.74) is 2.21. The van der Waals surface area contributed by atoms with Gasteiger partial charge >= 0.3 is 0 Å². The molecule has 2 rings (SSSR count). The first kappa shape index (κ1) is 19.5. The second kappa shape index (κ2) is 9.61. The van der Waals surface area contributed by atoms with Crippen LogP contribution < -0.4 is 15.5 Å². The average Bonchev–Trinajstić information content (AvgIpc) is 2.68. The highest BCUT2D eigenvalue weighted by atomic mass is 16.2. The van der Waals surface area contributed by atoms with Crippen LogP contribution in [-0.2, 0) is 4.79 Å². The Labute approximate surface area is 155 Å². The molecule has 2 amide bonds. The highest BCUT2D eigenvalue weighted by Crippen LogP contribution is 2.14. The minimum atomic E-state index is -0.103. The van der Waals surface area contributed by atoms with Gasteiger partial charge in [0, 0.05) is 29.5 Å². The standard InChI is InChI=1S/C21H27N3O2/c1-4-16(3)23-21(26)17-10-9-11-18(14-17)22-15-20(25)24(5-2)19-12-7-6-8-13-19/h6-14,16,22H,4-5,15H2,1-3H3,(H,23,26). The smallest absolute Gasteiger partial charge is 0.251 e. The zero-order valence-corrected chi connectivity index (χ0v) is 15.7. The Balaban J connectivity index is 1.99. The molecular formula is C21H27N3O2. The number of hydrogen-bond acceptors (Lipinski definition) is 3. The van der Waals surface area contributed by atoms with E-state index in [1.807, 2.05) is 63.2 Å². The third-order valence-electron chi connectivity index (χ3n) is 4.24. The normalized spacial score (nSPS) is 11.5. The van der Waals surface area contributed by atoms with Crippen LogP contribution in [0.25, 0.3) is 0 Å². The largest absolute Gasteiger partial charge is 0.376 e. The fourth-order valence-corrected chi connectivity index (χ4v) is 2.56. The molecule has 0 spiro atoms. The van der Waals surface area contributed by atoms with E-state index in [0.29, 0.717) is 12.1 Å². The van der Waals surface area contributed by atoms with E-state index >= 15 is 0 Å². The maximum atomic E-state index is 12.5. The summed E-state index contributed by atoms with van der Waals surface area (Å²) in [5, 5.41) is 6.07. The summed E-state index contributed by atoms with van der Waals surface area (Å²) in [6.07, 6.45) is 0.879. The molecule has 1 unspecified atom stereocenters. The number of para-hydroxylation sites is 1. The molecule has 0 aromatic heterocycles. The lowest BCUT2D eigenvalue weighted by Crippen LogP contribution is -2.35. The van der Waals surface area contributed by atoms with Crippen molar-refractivity contribution in [3.8, 4) is 0 Å². The van der Waals surface area contributed by atoms with Crippen molar-refractivity contribution >= 4 is 23.2 Å². The van der Waals surface area contributed by atoms with Crippen molar-refractivity contribution in [2.75, 3.05) is 23.3 Å². The Bertz CT molecular complexity index is 731. The monoisotopic (exact) mass is 353 g/mol. The number of nitrogens with one attached hydrogen (secondary N) is 2. The molecule has 0 bridgehead atoms. The van der Waals surface area contributed by atoms with Gasteiger partial charge in [-0.3, -0.25) is 9.59 Å². The maximum Gasteiger partial charge on any atom is 0.251 e. The quantitative estimate of drug-likeness (QED) is 0.761. The third-order valence-corrected chi connectivity index (χ3v) is 4.24. The summed E-state index contributed by atoms with van der Waals surface area (Å²) >= 11 is 0. The van der Waals surface area contributed by atoms with Crippen LogP contribution in [0.4, 0.5) is 11.4 Å². The summed E-state index contributed by atoms with van der Waals surface area (Å²) in [5.74, 6) is -0.123. The van der Waals surface area contributed by atoms with Gasteiger partial charge in [-0.15, -0.1) is 0 Å². The van der Waals surface area contributed by atoms with Gasteiger partial charge in [0.05, 0.1) is 6.54 Å². The average molecular weight is 353 g/mol. The van der Waals surface area contributed by atoms with Crippen LogP contribution in [0.15, 0.2) is 54.6 Å². The van der Waals surface area contributed by atoms with Crippen molar-refractivity contribution in [2.45, 2.75) is 33.2 Å². The van der Waals surface area contributed by atoms with E-state index in [-0.39, 0.29) is 24.4 Å². The summed E-state index contributed by atoms with van der Waals surface area (Å²) in [4.78, 5) is 26.5. The second-order valence-electron chi connectivity index (χ2n) is 6.19. The van der Waals surface area contributed by atoms with Crippen molar-refractivity contribution in [3.05, 3.63) is 60.2 Å². The van der Waals surface area contributed by atoms with Gasteiger partial charge in [0.25, 0.3) is 5.91 Å². The van der Waals surface area contributed by atoms with Gasteiger partial charge in [0.1, 0.15) is 0 Å². The molecule has 0 aliphatic heterocycles.